The number of nitrogens with two attached hydrogens (primary N) is 1. The first-order chi connectivity index (χ1) is 12.0. The van der Waals surface area contributed by atoms with E-state index in [0.29, 0.717) is 23.7 Å². The van der Waals surface area contributed by atoms with E-state index in [1.54, 1.807) is 35.2 Å². The summed E-state index contributed by atoms with van der Waals surface area (Å²) >= 11 is 5.98. The van der Waals surface area contributed by atoms with Crippen molar-refractivity contribution in [1.82, 2.24) is 14.5 Å². The maximum atomic E-state index is 12.9. The molecule has 1 saturated heterocycles. The first-order valence-electron chi connectivity index (χ1n) is 8.30. The Morgan fingerprint density at radius 2 is 2.20 bits per heavy atom. The molecule has 1 aliphatic heterocycles. The third-order valence-corrected chi connectivity index (χ3v) is 4.80. The molecule has 1 aromatic carbocycles. The molecule has 2 amide bonds. The largest absolute Gasteiger partial charge is 0.368 e. The number of piperidine rings is 1. The van der Waals surface area contributed by atoms with Crippen molar-refractivity contribution in [3.63, 3.8) is 0 Å². The average Bonchev–Trinajstić information content (AvgIpc) is 3.02. The predicted molar refractivity (Wildman–Crippen MR) is 95.5 cm³/mol. The smallest absolute Gasteiger partial charge is 0.254 e. The van der Waals surface area contributed by atoms with Crippen LogP contribution in [0.15, 0.2) is 30.6 Å². The molecule has 132 valence electrons. The first kappa shape index (κ1) is 17.5. The van der Waals surface area contributed by atoms with Crippen LogP contribution in [0.2, 0.25) is 5.02 Å². The maximum absolute atomic E-state index is 12.9. The Morgan fingerprint density at radius 3 is 2.92 bits per heavy atom. The van der Waals surface area contributed by atoms with Crippen LogP contribution in [0.25, 0.3) is 0 Å². The number of imidazole rings is 1. The van der Waals surface area contributed by atoms with E-state index >= 15 is 0 Å². The fourth-order valence-corrected chi connectivity index (χ4v) is 3.62. The number of amides is 2. The van der Waals surface area contributed by atoms with E-state index in [2.05, 4.69) is 4.98 Å². The number of halogens is 1. The SMILES string of the molecule is Cc1cc(Cl)ccc1C(=O)N1CCC[C@H](c2nccn2CC(N)=O)C1. The molecule has 6 nitrogen and oxygen atoms in total. The van der Waals surface area contributed by atoms with Gasteiger partial charge < -0.3 is 15.2 Å². The molecule has 0 radical (unpaired) electrons. The van der Waals surface area contributed by atoms with Crippen molar-refractivity contribution < 1.29 is 9.59 Å². The molecule has 1 fully saturated rings. The zero-order valence-electron chi connectivity index (χ0n) is 14.1. The summed E-state index contributed by atoms with van der Waals surface area (Å²) in [4.78, 5) is 30.4. The summed E-state index contributed by atoms with van der Waals surface area (Å²) in [6.45, 7) is 3.29. The molecule has 1 atom stereocenters. The van der Waals surface area contributed by atoms with Crippen LogP contribution in [0.4, 0.5) is 0 Å². The van der Waals surface area contributed by atoms with E-state index in [0.717, 1.165) is 24.2 Å². The summed E-state index contributed by atoms with van der Waals surface area (Å²) in [5.41, 5.74) is 6.84. The Labute approximate surface area is 151 Å². The molecule has 2 aromatic rings. The van der Waals surface area contributed by atoms with Gasteiger partial charge in [0, 0.05) is 42.0 Å². The second kappa shape index (κ2) is 7.27. The second-order valence-corrected chi connectivity index (χ2v) is 6.87. The molecular formula is C18H21ClN4O2. The molecular weight excluding hydrogens is 340 g/mol. The number of primary amides is 1. The van der Waals surface area contributed by atoms with Crippen LogP contribution in [0, 0.1) is 6.92 Å². The number of hydrogen-bond donors (Lipinski definition) is 1. The summed E-state index contributed by atoms with van der Waals surface area (Å²) in [7, 11) is 0. The lowest BCUT2D eigenvalue weighted by Gasteiger charge is -2.33. The Kier molecular flexibility index (Phi) is 5.08. The Morgan fingerprint density at radius 1 is 1.40 bits per heavy atom. The fraction of sp³-hybridized carbons (Fsp3) is 0.389. The maximum Gasteiger partial charge on any atom is 0.254 e. The van der Waals surface area contributed by atoms with Gasteiger partial charge in [0.15, 0.2) is 0 Å². The first-order valence-corrected chi connectivity index (χ1v) is 8.68. The van der Waals surface area contributed by atoms with Gasteiger partial charge in [0.2, 0.25) is 5.91 Å². The van der Waals surface area contributed by atoms with Crippen LogP contribution in [0.1, 0.15) is 40.5 Å². The van der Waals surface area contributed by atoms with Gasteiger partial charge in [0.05, 0.1) is 0 Å². The van der Waals surface area contributed by atoms with Crippen LogP contribution in [0.3, 0.4) is 0 Å². The lowest BCUT2D eigenvalue weighted by molar-refractivity contribution is -0.118. The minimum atomic E-state index is -0.403. The molecule has 0 unspecified atom stereocenters. The number of nitrogens with zero attached hydrogens (tertiary/aromatic N) is 3. The van der Waals surface area contributed by atoms with Crippen molar-refractivity contribution in [2.75, 3.05) is 13.1 Å². The van der Waals surface area contributed by atoms with Gasteiger partial charge in [0.1, 0.15) is 12.4 Å². The molecule has 2 N–H and O–H groups in total. The summed E-state index contributed by atoms with van der Waals surface area (Å²) < 4.78 is 1.77. The molecule has 3 rings (SSSR count). The van der Waals surface area contributed by atoms with Gasteiger partial charge >= 0.3 is 0 Å². The zero-order chi connectivity index (χ0) is 18.0. The lowest BCUT2D eigenvalue weighted by Crippen LogP contribution is -2.40. The second-order valence-electron chi connectivity index (χ2n) is 6.43. The van der Waals surface area contributed by atoms with Crippen molar-refractivity contribution in [3.05, 3.63) is 52.6 Å². The van der Waals surface area contributed by atoms with Gasteiger partial charge in [-0.05, 0) is 43.5 Å². The number of aryl methyl sites for hydroxylation is 1. The topological polar surface area (TPSA) is 81.2 Å². The van der Waals surface area contributed by atoms with Gasteiger partial charge in [-0.25, -0.2) is 4.98 Å². The highest BCUT2D eigenvalue weighted by Crippen LogP contribution is 2.27. The van der Waals surface area contributed by atoms with E-state index in [9.17, 15) is 9.59 Å². The minimum absolute atomic E-state index is 0.00636. The Hall–Kier alpha value is -2.34. The molecule has 0 bridgehead atoms. The van der Waals surface area contributed by atoms with E-state index in [1.807, 2.05) is 11.8 Å². The minimum Gasteiger partial charge on any atom is -0.368 e. The normalized spacial score (nSPS) is 17.5. The van der Waals surface area contributed by atoms with Crippen LogP contribution in [0.5, 0.6) is 0 Å². The van der Waals surface area contributed by atoms with Crippen molar-refractivity contribution in [2.45, 2.75) is 32.2 Å². The lowest BCUT2D eigenvalue weighted by atomic mass is 9.96. The number of carbonyl (C=O) groups excluding carboxylic acids is 2. The summed E-state index contributed by atoms with van der Waals surface area (Å²) in [6.07, 6.45) is 5.25. The number of carbonyl (C=O) groups is 2. The van der Waals surface area contributed by atoms with Crippen LogP contribution >= 0.6 is 11.6 Å². The number of aromatic nitrogens is 2. The molecule has 0 saturated carbocycles. The van der Waals surface area contributed by atoms with Gasteiger partial charge in [0.25, 0.3) is 5.91 Å². The van der Waals surface area contributed by atoms with Crippen LogP contribution < -0.4 is 5.73 Å². The molecule has 25 heavy (non-hydrogen) atoms. The summed E-state index contributed by atoms with van der Waals surface area (Å²) in [5, 5.41) is 0.624. The molecule has 1 aliphatic rings. The zero-order valence-corrected chi connectivity index (χ0v) is 14.9. The van der Waals surface area contributed by atoms with E-state index in [-0.39, 0.29) is 18.4 Å². The van der Waals surface area contributed by atoms with Crippen molar-refractivity contribution in [1.29, 1.82) is 0 Å². The molecule has 0 spiro atoms. The van der Waals surface area contributed by atoms with Crippen molar-refractivity contribution in [2.24, 2.45) is 5.73 Å². The van der Waals surface area contributed by atoms with Crippen LogP contribution in [-0.4, -0.2) is 39.4 Å². The Balaban J connectivity index is 1.78. The number of likely N-dealkylation sites (tertiary alicyclic amines) is 1. The standard InChI is InChI=1S/C18H21ClN4O2/c1-12-9-14(19)4-5-15(12)18(25)23-7-2-3-13(10-23)17-21-6-8-22(17)11-16(20)24/h4-6,8-9,13H,2-3,7,10-11H2,1H3,(H2,20,24)/t13-/m0/s1. The summed E-state index contributed by atoms with van der Waals surface area (Å²) in [5.74, 6) is 0.510. The number of hydrogen-bond acceptors (Lipinski definition) is 3. The van der Waals surface area contributed by atoms with Crippen molar-refractivity contribution >= 4 is 23.4 Å². The van der Waals surface area contributed by atoms with Gasteiger partial charge in [-0.1, -0.05) is 11.6 Å². The third kappa shape index (κ3) is 3.85. The predicted octanol–water partition coefficient (Wildman–Crippen LogP) is 2.35. The Bertz CT molecular complexity index is 802. The monoisotopic (exact) mass is 360 g/mol. The van der Waals surface area contributed by atoms with E-state index in [4.69, 9.17) is 17.3 Å². The average molecular weight is 361 g/mol. The molecule has 7 heteroatoms. The highest BCUT2D eigenvalue weighted by atomic mass is 35.5. The highest BCUT2D eigenvalue weighted by Gasteiger charge is 2.28. The number of rotatable bonds is 4. The molecule has 1 aromatic heterocycles. The molecule has 2 heterocycles. The van der Waals surface area contributed by atoms with Gasteiger partial charge in [-0.2, -0.15) is 0 Å². The van der Waals surface area contributed by atoms with Crippen molar-refractivity contribution in [3.8, 4) is 0 Å². The van der Waals surface area contributed by atoms with Crippen LogP contribution in [-0.2, 0) is 11.3 Å². The number of benzene rings is 1. The quantitative estimate of drug-likeness (QED) is 0.908. The summed E-state index contributed by atoms with van der Waals surface area (Å²) in [6, 6.07) is 5.32. The van der Waals surface area contributed by atoms with Gasteiger partial charge in [-0.3, -0.25) is 9.59 Å². The third-order valence-electron chi connectivity index (χ3n) is 4.57. The highest BCUT2D eigenvalue weighted by molar-refractivity contribution is 6.30. The van der Waals surface area contributed by atoms with Gasteiger partial charge in [-0.15, -0.1) is 0 Å². The fourth-order valence-electron chi connectivity index (χ4n) is 3.39. The van der Waals surface area contributed by atoms with E-state index in [1.165, 1.54) is 0 Å². The van der Waals surface area contributed by atoms with E-state index < -0.39 is 5.91 Å². The molecule has 0 aliphatic carbocycles.